The van der Waals surface area contributed by atoms with Gasteiger partial charge in [0, 0.05) is 71.2 Å². The Labute approximate surface area is 167 Å². The quantitative estimate of drug-likeness (QED) is 0.298. The van der Waals surface area contributed by atoms with Crippen LogP contribution in [0, 0.1) is 5.92 Å². The number of nitrogens with one attached hydrogen (secondary N) is 2. The molecule has 0 unspecified atom stereocenters. The van der Waals surface area contributed by atoms with Crippen molar-refractivity contribution in [3.8, 4) is 0 Å². The van der Waals surface area contributed by atoms with Crippen LogP contribution in [0.1, 0.15) is 19.3 Å². The molecule has 2 N–H and O–H groups in total. The highest BCUT2D eigenvalue weighted by Crippen LogP contribution is 2.14. The van der Waals surface area contributed by atoms with Gasteiger partial charge in [-0.2, -0.15) is 11.8 Å². The lowest BCUT2D eigenvalue weighted by Gasteiger charge is -2.25. The van der Waals surface area contributed by atoms with Crippen LogP contribution in [0.5, 0.6) is 0 Å². The highest BCUT2D eigenvalue weighted by Gasteiger charge is 2.23. The summed E-state index contributed by atoms with van der Waals surface area (Å²) in [6.07, 6.45) is 3.07. The molecule has 0 amide bonds. The van der Waals surface area contributed by atoms with E-state index in [0.29, 0.717) is 38.1 Å². The van der Waals surface area contributed by atoms with Crippen LogP contribution in [-0.2, 0) is 19.5 Å². The van der Waals surface area contributed by atoms with Crippen molar-refractivity contribution in [3.05, 3.63) is 0 Å². The third-order valence-electron chi connectivity index (χ3n) is 4.69. The van der Waals surface area contributed by atoms with E-state index in [-0.39, 0.29) is 5.75 Å². The Hall–Kier alpha value is -0.550. The van der Waals surface area contributed by atoms with Crippen molar-refractivity contribution in [1.29, 1.82) is 0 Å². The smallest absolute Gasteiger partial charge is 0.215 e. The van der Waals surface area contributed by atoms with Crippen molar-refractivity contribution >= 4 is 27.7 Å². The highest BCUT2D eigenvalue weighted by molar-refractivity contribution is 7.99. The first kappa shape index (κ1) is 22.7. The highest BCUT2D eigenvalue weighted by atomic mass is 32.2. The molecule has 8 nitrogen and oxygen atoms in total. The molecule has 0 bridgehead atoms. The van der Waals surface area contributed by atoms with Crippen LogP contribution < -0.4 is 10.6 Å². The fraction of sp³-hybridized carbons (Fsp3) is 0.941. The summed E-state index contributed by atoms with van der Waals surface area (Å²) in [5.74, 6) is 3.11. The molecule has 0 atom stereocenters. The minimum absolute atomic E-state index is 0.0899. The lowest BCUT2D eigenvalue weighted by Crippen LogP contribution is -2.44. The van der Waals surface area contributed by atoms with E-state index in [1.54, 1.807) is 23.1 Å². The number of aliphatic imine (C=N–C) groups is 1. The van der Waals surface area contributed by atoms with Crippen molar-refractivity contribution < 1.29 is 17.9 Å². The van der Waals surface area contributed by atoms with Gasteiger partial charge in [0.05, 0.1) is 5.75 Å². The maximum absolute atomic E-state index is 12.3. The molecular formula is C17H34N4O4S2. The zero-order chi connectivity index (χ0) is 19.4. The van der Waals surface area contributed by atoms with E-state index in [2.05, 4.69) is 15.6 Å². The normalized spacial score (nSPS) is 20.6. The van der Waals surface area contributed by atoms with Crippen LogP contribution >= 0.6 is 11.8 Å². The fourth-order valence-electron chi connectivity index (χ4n) is 3.02. The van der Waals surface area contributed by atoms with Gasteiger partial charge < -0.3 is 20.1 Å². The van der Waals surface area contributed by atoms with Gasteiger partial charge >= 0.3 is 0 Å². The van der Waals surface area contributed by atoms with Gasteiger partial charge in [-0.3, -0.25) is 4.99 Å². The van der Waals surface area contributed by atoms with Crippen molar-refractivity contribution in [1.82, 2.24) is 14.9 Å². The number of guanidine groups is 1. The van der Waals surface area contributed by atoms with Crippen LogP contribution in [-0.4, -0.2) is 95.6 Å². The molecule has 27 heavy (non-hydrogen) atoms. The third kappa shape index (κ3) is 8.99. The van der Waals surface area contributed by atoms with Gasteiger partial charge in [-0.1, -0.05) is 0 Å². The van der Waals surface area contributed by atoms with Crippen molar-refractivity contribution in [2.45, 2.75) is 19.3 Å². The van der Waals surface area contributed by atoms with E-state index >= 15 is 0 Å². The first-order valence-corrected chi connectivity index (χ1v) is 12.5. The Kier molecular flexibility index (Phi) is 10.8. The molecule has 0 aromatic rings. The van der Waals surface area contributed by atoms with Gasteiger partial charge in [-0.15, -0.1) is 0 Å². The van der Waals surface area contributed by atoms with E-state index in [9.17, 15) is 8.42 Å². The van der Waals surface area contributed by atoms with E-state index < -0.39 is 10.0 Å². The Morgan fingerprint density at radius 2 is 1.93 bits per heavy atom. The number of hydrogen-bond donors (Lipinski definition) is 2. The molecule has 2 heterocycles. The zero-order valence-electron chi connectivity index (χ0n) is 16.3. The summed E-state index contributed by atoms with van der Waals surface area (Å²) >= 11 is 1.80. The average Bonchev–Trinajstić information content (AvgIpc) is 2.70. The van der Waals surface area contributed by atoms with Gasteiger partial charge in [-0.25, -0.2) is 12.7 Å². The molecule has 2 rings (SSSR count). The second-order valence-electron chi connectivity index (χ2n) is 6.74. The maximum Gasteiger partial charge on any atom is 0.215 e. The predicted octanol–water partition coefficient (Wildman–Crippen LogP) is 0.363. The largest absolute Gasteiger partial charge is 0.381 e. The molecule has 2 fully saturated rings. The molecule has 2 saturated heterocycles. The first-order valence-electron chi connectivity index (χ1n) is 9.77. The summed E-state index contributed by atoms with van der Waals surface area (Å²) in [6.45, 7) is 5.55. The molecule has 0 aromatic carbocycles. The molecule has 10 heteroatoms. The lowest BCUT2D eigenvalue weighted by molar-refractivity contribution is 0.0203. The van der Waals surface area contributed by atoms with E-state index in [4.69, 9.17) is 9.47 Å². The molecule has 0 radical (unpaired) electrons. The Balaban J connectivity index is 1.52. The fourth-order valence-corrected chi connectivity index (χ4v) is 5.51. The van der Waals surface area contributed by atoms with Gasteiger partial charge in [0.15, 0.2) is 5.96 Å². The maximum atomic E-state index is 12.3. The summed E-state index contributed by atoms with van der Waals surface area (Å²) in [4.78, 5) is 4.14. The molecule has 2 aliphatic heterocycles. The standard InChI is InChI=1S/C17H34N4O4S2/c1-18-17(19-5-2-9-25-15-16-3-10-24-11-4-16)20-6-14-27(22,23)21-7-12-26-13-8-21/h16H,2-15H2,1H3,(H2,18,19,20). The second-order valence-corrected chi connectivity index (χ2v) is 10.1. The third-order valence-corrected chi connectivity index (χ3v) is 7.51. The van der Waals surface area contributed by atoms with Crippen molar-refractivity contribution in [3.63, 3.8) is 0 Å². The second kappa shape index (κ2) is 12.8. The molecular weight excluding hydrogens is 388 g/mol. The average molecular weight is 423 g/mol. The number of ether oxygens (including phenoxy) is 2. The lowest BCUT2D eigenvalue weighted by atomic mass is 10.0. The van der Waals surface area contributed by atoms with Gasteiger partial charge in [-0.05, 0) is 25.2 Å². The number of rotatable bonds is 10. The van der Waals surface area contributed by atoms with Crippen LogP contribution in [0.4, 0.5) is 0 Å². The number of sulfonamides is 1. The van der Waals surface area contributed by atoms with Crippen LogP contribution in [0.2, 0.25) is 0 Å². The number of hydrogen-bond acceptors (Lipinski definition) is 6. The molecule has 158 valence electrons. The van der Waals surface area contributed by atoms with Crippen LogP contribution in [0.3, 0.4) is 0 Å². The summed E-state index contributed by atoms with van der Waals surface area (Å²) < 4.78 is 37.3. The van der Waals surface area contributed by atoms with Crippen molar-refractivity contribution in [2.24, 2.45) is 10.9 Å². The Morgan fingerprint density at radius 3 is 2.63 bits per heavy atom. The molecule has 0 aliphatic carbocycles. The zero-order valence-corrected chi connectivity index (χ0v) is 18.0. The van der Waals surface area contributed by atoms with Gasteiger partial charge in [0.2, 0.25) is 10.0 Å². The molecule has 0 spiro atoms. The van der Waals surface area contributed by atoms with Crippen LogP contribution in [0.15, 0.2) is 4.99 Å². The van der Waals surface area contributed by atoms with E-state index in [1.807, 2.05) is 0 Å². The Morgan fingerprint density at radius 1 is 1.22 bits per heavy atom. The summed E-state index contributed by atoms with van der Waals surface area (Å²) in [5, 5.41) is 6.28. The van der Waals surface area contributed by atoms with E-state index in [0.717, 1.165) is 57.1 Å². The van der Waals surface area contributed by atoms with Crippen molar-refractivity contribution in [2.75, 3.05) is 76.9 Å². The number of nitrogens with zero attached hydrogens (tertiary/aromatic N) is 2. The summed E-state index contributed by atoms with van der Waals surface area (Å²) in [5.41, 5.74) is 0. The van der Waals surface area contributed by atoms with Gasteiger partial charge in [0.1, 0.15) is 0 Å². The Bertz CT molecular complexity index is 533. The molecule has 2 aliphatic rings. The first-order chi connectivity index (χ1) is 13.1. The number of thioether (sulfide) groups is 1. The summed E-state index contributed by atoms with van der Waals surface area (Å²) in [6, 6.07) is 0. The molecule has 0 aromatic heterocycles. The predicted molar refractivity (Wildman–Crippen MR) is 111 cm³/mol. The van der Waals surface area contributed by atoms with Gasteiger partial charge in [0.25, 0.3) is 0 Å². The summed E-state index contributed by atoms with van der Waals surface area (Å²) in [7, 11) is -1.50. The topological polar surface area (TPSA) is 92.3 Å². The SMILES string of the molecule is CN=C(NCCCOCC1CCOCC1)NCCS(=O)(=O)N1CCSCC1. The minimum atomic E-state index is -3.18. The van der Waals surface area contributed by atoms with E-state index in [1.165, 1.54) is 0 Å². The monoisotopic (exact) mass is 422 g/mol. The van der Waals surface area contributed by atoms with Crippen LogP contribution in [0.25, 0.3) is 0 Å². The molecule has 0 saturated carbocycles. The minimum Gasteiger partial charge on any atom is -0.381 e.